The van der Waals surface area contributed by atoms with Crippen LogP contribution in [0.1, 0.15) is 30.4 Å². The molecule has 2 saturated heterocycles. The van der Waals surface area contributed by atoms with Crippen molar-refractivity contribution in [1.29, 1.82) is 0 Å². The second-order valence-corrected chi connectivity index (χ2v) is 8.34. The number of hydrogen-bond donors (Lipinski definition) is 0. The van der Waals surface area contributed by atoms with Crippen molar-refractivity contribution in [3.05, 3.63) is 34.3 Å². The number of rotatable bonds is 4. The van der Waals surface area contributed by atoms with Crippen molar-refractivity contribution in [1.82, 2.24) is 4.90 Å². The van der Waals surface area contributed by atoms with E-state index in [2.05, 4.69) is 0 Å². The second kappa shape index (κ2) is 6.91. The first kappa shape index (κ1) is 19.5. The molecule has 152 valence electrons. The Balaban J connectivity index is 1.21. The zero-order chi connectivity index (χ0) is 20.1. The van der Waals surface area contributed by atoms with Crippen LogP contribution in [-0.4, -0.2) is 42.6 Å². The molecule has 0 bridgehead atoms. The van der Waals surface area contributed by atoms with Crippen molar-refractivity contribution in [3.8, 4) is 0 Å². The average Bonchev–Trinajstić information content (AvgIpc) is 2.94. The minimum atomic E-state index is -4.43. The summed E-state index contributed by atoms with van der Waals surface area (Å²) in [5.74, 6) is -0.244. The Hall–Kier alpha value is -1.80. The first-order chi connectivity index (χ1) is 13.2. The third kappa shape index (κ3) is 3.72. The lowest BCUT2D eigenvalue weighted by Gasteiger charge is -2.49. The van der Waals surface area contributed by atoms with E-state index in [1.807, 2.05) is 0 Å². The zero-order valence-corrected chi connectivity index (χ0v) is 15.7. The van der Waals surface area contributed by atoms with Crippen LogP contribution in [0.25, 0.3) is 0 Å². The van der Waals surface area contributed by atoms with Crippen molar-refractivity contribution in [3.63, 3.8) is 0 Å². The maximum Gasteiger partial charge on any atom is 0.416 e. The van der Waals surface area contributed by atoms with Crippen LogP contribution in [0, 0.1) is 11.3 Å². The third-order valence-electron chi connectivity index (χ3n) is 5.72. The molecule has 9 heteroatoms. The smallest absolute Gasteiger partial charge is 0.416 e. The number of benzene rings is 1. The summed E-state index contributed by atoms with van der Waals surface area (Å²) < 4.78 is 48.7. The first-order valence-electron chi connectivity index (χ1n) is 9.07. The van der Waals surface area contributed by atoms with E-state index in [-0.39, 0.29) is 40.9 Å². The van der Waals surface area contributed by atoms with Crippen LogP contribution in [0.4, 0.5) is 13.2 Å². The van der Waals surface area contributed by atoms with Crippen molar-refractivity contribution in [2.75, 3.05) is 19.7 Å². The van der Waals surface area contributed by atoms with Crippen LogP contribution >= 0.6 is 11.6 Å². The number of amides is 1. The summed E-state index contributed by atoms with van der Waals surface area (Å²) in [6.45, 7) is 1.61. The molecule has 3 fully saturated rings. The number of carbonyl (C=O) groups excluding carboxylic acids is 2. The Bertz CT molecular complexity index is 801. The highest BCUT2D eigenvalue weighted by molar-refractivity contribution is 6.31. The number of likely N-dealkylation sites (tertiary alicyclic amines) is 1. The van der Waals surface area contributed by atoms with Crippen LogP contribution in [0.2, 0.25) is 5.02 Å². The van der Waals surface area contributed by atoms with Crippen LogP contribution in [0.5, 0.6) is 0 Å². The molecule has 5 nitrogen and oxygen atoms in total. The predicted octanol–water partition coefficient (Wildman–Crippen LogP) is 3.43. The van der Waals surface area contributed by atoms with Crippen molar-refractivity contribution in [2.24, 2.45) is 11.3 Å². The molecular formula is C19H19ClF3NO4. The lowest BCUT2D eigenvalue weighted by Crippen LogP contribution is -2.61. The van der Waals surface area contributed by atoms with E-state index in [1.165, 1.54) is 6.07 Å². The van der Waals surface area contributed by atoms with Gasteiger partial charge in [-0.15, -0.1) is 0 Å². The second-order valence-electron chi connectivity index (χ2n) is 7.94. The van der Waals surface area contributed by atoms with E-state index in [4.69, 9.17) is 21.1 Å². The molecule has 0 N–H and O–H groups in total. The Morgan fingerprint density at radius 1 is 1.32 bits per heavy atom. The Morgan fingerprint density at radius 2 is 2.04 bits per heavy atom. The summed E-state index contributed by atoms with van der Waals surface area (Å²) in [4.78, 5) is 25.5. The average molecular weight is 418 g/mol. The molecule has 28 heavy (non-hydrogen) atoms. The maximum atomic E-state index is 12.7. The molecule has 2 heterocycles. The number of nitrogens with zero attached hydrogens (tertiary/aromatic N) is 1. The minimum absolute atomic E-state index is 0.0148. The molecule has 1 saturated carbocycles. The molecule has 0 aromatic heterocycles. The molecule has 0 unspecified atom stereocenters. The van der Waals surface area contributed by atoms with Crippen molar-refractivity contribution < 1.29 is 32.2 Å². The summed E-state index contributed by atoms with van der Waals surface area (Å²) >= 11 is 5.92. The van der Waals surface area contributed by atoms with Gasteiger partial charge in [-0.25, -0.2) is 0 Å². The van der Waals surface area contributed by atoms with Gasteiger partial charge in [0.2, 0.25) is 5.91 Å². The Labute approximate surface area is 164 Å². The summed E-state index contributed by atoms with van der Waals surface area (Å²) in [6.07, 6.45) is -3.01. The number of ether oxygens (including phenoxy) is 2. The molecule has 1 spiro atoms. The fourth-order valence-corrected chi connectivity index (χ4v) is 4.21. The molecule has 4 rings (SSSR count). The normalized spacial score (nSPS) is 26.0. The number of hydrogen-bond acceptors (Lipinski definition) is 4. The van der Waals surface area contributed by atoms with Crippen molar-refractivity contribution >= 4 is 23.5 Å². The third-order valence-corrected chi connectivity index (χ3v) is 6.07. The van der Waals surface area contributed by atoms with Crippen molar-refractivity contribution in [2.45, 2.75) is 38.1 Å². The molecule has 0 atom stereocenters. The summed E-state index contributed by atoms with van der Waals surface area (Å²) in [6, 6.07) is 3.19. The fraction of sp³-hybridized carbons (Fsp3) is 0.579. The van der Waals surface area contributed by atoms with E-state index in [1.54, 1.807) is 4.90 Å². The highest BCUT2D eigenvalue weighted by Gasteiger charge is 2.53. The molecule has 0 radical (unpaired) electrons. The quantitative estimate of drug-likeness (QED) is 0.704. The molecule has 3 aliphatic rings. The lowest BCUT2D eigenvalue weighted by molar-refractivity contribution is -0.157. The van der Waals surface area contributed by atoms with Crippen LogP contribution in [0.3, 0.4) is 0 Å². The zero-order valence-electron chi connectivity index (χ0n) is 14.9. The first-order valence-corrected chi connectivity index (χ1v) is 9.45. The van der Waals surface area contributed by atoms with Crippen LogP contribution in [-0.2, 0) is 31.8 Å². The van der Waals surface area contributed by atoms with E-state index in [0.717, 1.165) is 12.1 Å². The maximum absolute atomic E-state index is 12.7. The molecule has 1 amide bonds. The van der Waals surface area contributed by atoms with Gasteiger partial charge in [0.05, 0.1) is 30.1 Å². The van der Waals surface area contributed by atoms with Gasteiger partial charge in [0.25, 0.3) is 0 Å². The van der Waals surface area contributed by atoms with Gasteiger partial charge < -0.3 is 14.4 Å². The van der Waals surface area contributed by atoms with E-state index in [0.29, 0.717) is 44.5 Å². The largest absolute Gasteiger partial charge is 0.465 e. The summed E-state index contributed by atoms with van der Waals surface area (Å²) in [5, 5.41) is 0.0148. The highest BCUT2D eigenvalue weighted by Crippen LogP contribution is 2.42. The number of alkyl halides is 3. The Morgan fingerprint density at radius 3 is 2.61 bits per heavy atom. The molecule has 1 aromatic rings. The van der Waals surface area contributed by atoms with Gasteiger partial charge >= 0.3 is 12.1 Å². The fourth-order valence-electron chi connectivity index (χ4n) is 3.97. The number of esters is 1. The SMILES string of the molecule is O=C1CC2(CO1)CN(C(=O)C1CC(OCc3ccc(C(F)(F)F)cc3Cl)C1)C2. The highest BCUT2D eigenvalue weighted by atomic mass is 35.5. The number of carbonyl (C=O) groups is 2. The summed E-state index contributed by atoms with van der Waals surface area (Å²) in [7, 11) is 0. The molecule has 1 aromatic carbocycles. The van der Waals surface area contributed by atoms with Gasteiger partial charge in [0.15, 0.2) is 0 Å². The molecular weight excluding hydrogens is 399 g/mol. The van der Waals surface area contributed by atoms with Gasteiger partial charge in [-0.1, -0.05) is 17.7 Å². The van der Waals surface area contributed by atoms with E-state index in [9.17, 15) is 22.8 Å². The van der Waals surface area contributed by atoms with Gasteiger partial charge in [0.1, 0.15) is 6.61 Å². The molecule has 2 aliphatic heterocycles. The van der Waals surface area contributed by atoms with Crippen LogP contribution < -0.4 is 0 Å². The monoisotopic (exact) mass is 417 g/mol. The standard InChI is InChI=1S/C19H19ClF3NO4/c20-15-5-13(19(21,22)23)2-1-11(15)7-27-14-3-12(4-14)17(26)24-8-18(9-24)6-16(25)28-10-18/h1-2,5,12,14H,3-4,6-10H2. The van der Waals surface area contributed by atoms with Gasteiger partial charge in [-0.3, -0.25) is 9.59 Å². The minimum Gasteiger partial charge on any atom is -0.465 e. The summed E-state index contributed by atoms with van der Waals surface area (Å²) in [5.41, 5.74) is -0.497. The van der Waals surface area contributed by atoms with Gasteiger partial charge in [-0.05, 0) is 30.5 Å². The topological polar surface area (TPSA) is 55.8 Å². The number of cyclic esters (lactones) is 1. The predicted molar refractivity (Wildman–Crippen MR) is 92.3 cm³/mol. The van der Waals surface area contributed by atoms with E-state index < -0.39 is 11.7 Å². The Kier molecular flexibility index (Phi) is 4.82. The van der Waals surface area contributed by atoms with Gasteiger partial charge in [0, 0.05) is 24.0 Å². The lowest BCUT2D eigenvalue weighted by atomic mass is 9.75. The molecule has 1 aliphatic carbocycles. The van der Waals surface area contributed by atoms with Crippen LogP contribution in [0.15, 0.2) is 18.2 Å². The van der Waals surface area contributed by atoms with Gasteiger partial charge in [-0.2, -0.15) is 13.2 Å². The number of halogens is 4. The van der Waals surface area contributed by atoms with E-state index >= 15 is 0 Å².